The first kappa shape index (κ1) is 15.1. The molecule has 2 aromatic rings. The van der Waals surface area contributed by atoms with E-state index in [0.717, 1.165) is 29.5 Å². The van der Waals surface area contributed by atoms with Crippen LogP contribution in [0.15, 0.2) is 27.4 Å². The molecule has 1 aromatic heterocycles. The van der Waals surface area contributed by atoms with Gasteiger partial charge in [0.1, 0.15) is 11.3 Å². The van der Waals surface area contributed by atoms with Gasteiger partial charge in [0.05, 0.1) is 5.56 Å². The Hall–Kier alpha value is -1.81. The van der Waals surface area contributed by atoms with Gasteiger partial charge in [0, 0.05) is 24.0 Å². The van der Waals surface area contributed by atoms with Crippen LogP contribution in [0.4, 0.5) is 0 Å². The molecule has 4 heteroatoms. The molecule has 0 amide bonds. The lowest BCUT2D eigenvalue weighted by Crippen LogP contribution is -2.38. The average Bonchev–Trinajstić information content (AvgIpc) is 2.50. The number of rotatable bonds is 3. The molecule has 0 aliphatic carbocycles. The highest BCUT2D eigenvalue weighted by molar-refractivity contribution is 5.84. The summed E-state index contributed by atoms with van der Waals surface area (Å²) in [6, 6.07) is 5.56. The van der Waals surface area contributed by atoms with Gasteiger partial charge in [-0.25, -0.2) is 4.79 Å². The van der Waals surface area contributed by atoms with E-state index in [0.29, 0.717) is 18.2 Å². The fourth-order valence-electron chi connectivity index (χ4n) is 3.52. The van der Waals surface area contributed by atoms with E-state index in [4.69, 9.17) is 4.42 Å². The van der Waals surface area contributed by atoms with Crippen LogP contribution in [0.25, 0.3) is 11.0 Å². The van der Waals surface area contributed by atoms with E-state index in [-0.39, 0.29) is 11.4 Å². The molecule has 1 N–H and O–H groups in total. The normalized spacial score (nSPS) is 19.6. The second-order valence-corrected chi connectivity index (χ2v) is 6.22. The molecule has 0 radical (unpaired) electrons. The van der Waals surface area contributed by atoms with Gasteiger partial charge in [-0.2, -0.15) is 0 Å². The van der Waals surface area contributed by atoms with E-state index in [1.54, 1.807) is 6.07 Å². The minimum absolute atomic E-state index is 0.210. The van der Waals surface area contributed by atoms with Crippen molar-refractivity contribution in [1.29, 1.82) is 0 Å². The number of hydrogen-bond acceptors (Lipinski definition) is 4. The molecule has 0 spiro atoms. The molecule has 22 heavy (non-hydrogen) atoms. The van der Waals surface area contributed by atoms with Gasteiger partial charge in [-0.1, -0.05) is 13.3 Å². The smallest absolute Gasteiger partial charge is 0.336 e. The molecule has 118 valence electrons. The van der Waals surface area contributed by atoms with Crippen LogP contribution in [-0.2, 0) is 6.54 Å². The molecule has 0 unspecified atom stereocenters. The van der Waals surface area contributed by atoms with E-state index in [1.165, 1.54) is 25.3 Å². The van der Waals surface area contributed by atoms with E-state index in [9.17, 15) is 9.90 Å². The molecule has 1 aliphatic heterocycles. The van der Waals surface area contributed by atoms with E-state index < -0.39 is 0 Å². The molecular weight excluding hydrogens is 278 g/mol. The van der Waals surface area contributed by atoms with Gasteiger partial charge >= 0.3 is 5.63 Å². The minimum atomic E-state index is -0.359. The Labute approximate surface area is 130 Å². The number of phenolic OH excluding ortho intramolecular Hbond substituents is 1. The minimum Gasteiger partial charge on any atom is -0.507 e. The van der Waals surface area contributed by atoms with Crippen molar-refractivity contribution in [3.8, 4) is 5.75 Å². The SMILES string of the molecule is CC[C@H]1CCCCN1Cc1c(O)ccc2c(C)cc(=O)oc12. The summed E-state index contributed by atoms with van der Waals surface area (Å²) in [5, 5.41) is 11.2. The molecule has 1 aliphatic rings. The van der Waals surface area contributed by atoms with Gasteiger partial charge < -0.3 is 9.52 Å². The standard InChI is InChI=1S/C18H23NO3/c1-3-13-6-4-5-9-19(13)11-15-16(20)8-7-14-12(2)10-17(21)22-18(14)15/h7-8,10,13,20H,3-6,9,11H2,1-2H3/t13-/m0/s1. The van der Waals surface area contributed by atoms with Crippen LogP contribution in [0.2, 0.25) is 0 Å². The zero-order chi connectivity index (χ0) is 15.7. The zero-order valence-corrected chi connectivity index (χ0v) is 13.3. The van der Waals surface area contributed by atoms with Gasteiger partial charge in [-0.15, -0.1) is 0 Å². The molecule has 1 fully saturated rings. The lowest BCUT2D eigenvalue weighted by Gasteiger charge is -2.35. The zero-order valence-electron chi connectivity index (χ0n) is 13.3. The summed E-state index contributed by atoms with van der Waals surface area (Å²) < 4.78 is 5.42. The van der Waals surface area contributed by atoms with Crippen molar-refractivity contribution in [2.24, 2.45) is 0 Å². The maximum Gasteiger partial charge on any atom is 0.336 e. The Balaban J connectivity index is 2.05. The van der Waals surface area contributed by atoms with E-state index in [1.807, 2.05) is 13.0 Å². The maximum atomic E-state index is 11.7. The van der Waals surface area contributed by atoms with Crippen molar-refractivity contribution in [2.75, 3.05) is 6.54 Å². The molecule has 3 rings (SSSR count). The second-order valence-electron chi connectivity index (χ2n) is 6.22. The van der Waals surface area contributed by atoms with Crippen molar-refractivity contribution < 1.29 is 9.52 Å². The van der Waals surface area contributed by atoms with E-state index in [2.05, 4.69) is 11.8 Å². The quantitative estimate of drug-likeness (QED) is 0.881. The van der Waals surface area contributed by atoms with Crippen molar-refractivity contribution >= 4 is 11.0 Å². The van der Waals surface area contributed by atoms with Crippen LogP contribution in [0.1, 0.15) is 43.7 Å². The van der Waals surface area contributed by atoms with Crippen LogP contribution < -0.4 is 5.63 Å². The number of hydrogen-bond donors (Lipinski definition) is 1. The van der Waals surface area contributed by atoms with Crippen molar-refractivity contribution in [3.63, 3.8) is 0 Å². The third-order valence-corrected chi connectivity index (χ3v) is 4.78. The molecule has 0 saturated carbocycles. The number of benzene rings is 1. The fraction of sp³-hybridized carbons (Fsp3) is 0.500. The summed E-state index contributed by atoms with van der Waals surface area (Å²) in [5.41, 5.74) is 1.80. The first-order valence-electron chi connectivity index (χ1n) is 8.09. The lowest BCUT2D eigenvalue weighted by molar-refractivity contribution is 0.135. The summed E-state index contributed by atoms with van der Waals surface area (Å²) in [7, 11) is 0. The Kier molecular flexibility index (Phi) is 4.21. The van der Waals surface area contributed by atoms with Gasteiger partial charge in [0.2, 0.25) is 0 Å². The highest BCUT2D eigenvalue weighted by atomic mass is 16.4. The molecule has 1 aromatic carbocycles. The summed E-state index contributed by atoms with van der Waals surface area (Å²) in [6.07, 6.45) is 4.76. The Morgan fingerprint density at radius 3 is 2.95 bits per heavy atom. The highest BCUT2D eigenvalue weighted by Gasteiger charge is 2.23. The number of fused-ring (bicyclic) bond motifs is 1. The number of phenols is 1. The number of nitrogens with zero attached hydrogens (tertiary/aromatic N) is 1. The van der Waals surface area contributed by atoms with Crippen molar-refractivity contribution in [1.82, 2.24) is 4.90 Å². The first-order chi connectivity index (χ1) is 10.6. The highest BCUT2D eigenvalue weighted by Crippen LogP contribution is 2.31. The van der Waals surface area contributed by atoms with Gasteiger partial charge in [-0.05, 0) is 50.4 Å². The Morgan fingerprint density at radius 2 is 2.18 bits per heavy atom. The molecule has 1 saturated heterocycles. The average molecular weight is 301 g/mol. The summed E-state index contributed by atoms with van der Waals surface area (Å²) in [6.45, 7) is 5.77. The monoisotopic (exact) mass is 301 g/mol. The Bertz CT molecular complexity index is 735. The number of likely N-dealkylation sites (tertiary alicyclic amines) is 1. The summed E-state index contributed by atoms with van der Waals surface area (Å²) >= 11 is 0. The van der Waals surface area contributed by atoms with Crippen LogP contribution in [0.5, 0.6) is 5.75 Å². The lowest BCUT2D eigenvalue weighted by atomic mass is 9.98. The topological polar surface area (TPSA) is 53.7 Å². The molecule has 0 bridgehead atoms. The van der Waals surface area contributed by atoms with E-state index >= 15 is 0 Å². The molecule has 4 nitrogen and oxygen atoms in total. The molecule has 1 atom stereocenters. The number of piperidine rings is 1. The van der Waals surface area contributed by atoms with Crippen LogP contribution in [0, 0.1) is 6.92 Å². The Morgan fingerprint density at radius 1 is 1.36 bits per heavy atom. The predicted octanol–water partition coefficient (Wildman–Crippen LogP) is 3.57. The third kappa shape index (κ3) is 2.75. The number of aryl methyl sites for hydroxylation is 1. The fourth-order valence-corrected chi connectivity index (χ4v) is 3.52. The summed E-state index contributed by atoms with van der Waals surface area (Å²) in [4.78, 5) is 14.1. The predicted molar refractivity (Wildman–Crippen MR) is 87.2 cm³/mol. The van der Waals surface area contributed by atoms with Gasteiger partial charge in [-0.3, -0.25) is 4.90 Å². The molecule has 2 heterocycles. The maximum absolute atomic E-state index is 11.7. The van der Waals surface area contributed by atoms with Gasteiger partial charge in [0.15, 0.2) is 0 Å². The van der Waals surface area contributed by atoms with Crippen LogP contribution in [0.3, 0.4) is 0 Å². The van der Waals surface area contributed by atoms with Crippen LogP contribution in [-0.4, -0.2) is 22.6 Å². The number of aromatic hydroxyl groups is 1. The third-order valence-electron chi connectivity index (χ3n) is 4.78. The molecular formula is C18H23NO3. The van der Waals surface area contributed by atoms with Crippen molar-refractivity contribution in [3.05, 3.63) is 39.7 Å². The summed E-state index contributed by atoms with van der Waals surface area (Å²) in [5.74, 6) is 0.210. The first-order valence-corrected chi connectivity index (χ1v) is 8.09. The second kappa shape index (κ2) is 6.13. The van der Waals surface area contributed by atoms with Gasteiger partial charge in [0.25, 0.3) is 0 Å². The largest absolute Gasteiger partial charge is 0.507 e. The van der Waals surface area contributed by atoms with Crippen molar-refractivity contribution in [2.45, 2.75) is 52.1 Å². The van der Waals surface area contributed by atoms with Crippen LogP contribution >= 0.6 is 0 Å².